The van der Waals surface area contributed by atoms with Crippen molar-refractivity contribution in [1.29, 1.82) is 0 Å². The first-order valence-electron chi connectivity index (χ1n) is 8.88. The molecule has 31 heavy (non-hydrogen) atoms. The first-order valence-corrected chi connectivity index (χ1v) is 8.88. The van der Waals surface area contributed by atoms with Crippen LogP contribution in [0.15, 0.2) is 58.6 Å². The van der Waals surface area contributed by atoms with Gasteiger partial charge < -0.3 is 9.47 Å². The Kier molecular flexibility index (Phi) is 6.34. The molecule has 1 N–H and O–H groups in total. The average molecular weight is 441 g/mol. The van der Waals surface area contributed by atoms with Crippen LogP contribution in [0.3, 0.4) is 0 Å². The molecule has 0 atom stereocenters. The van der Waals surface area contributed by atoms with Gasteiger partial charge in [-0.2, -0.15) is 26.9 Å². The van der Waals surface area contributed by atoms with Gasteiger partial charge in [0.1, 0.15) is 6.61 Å². The molecule has 1 heterocycles. The molecule has 11 heteroatoms. The molecule has 0 aliphatic carbocycles. The van der Waals surface area contributed by atoms with E-state index >= 15 is 0 Å². The molecule has 0 bridgehead atoms. The molecule has 0 fully saturated rings. The first kappa shape index (κ1) is 22.3. The third-order valence-electron chi connectivity index (χ3n) is 4.20. The summed E-state index contributed by atoms with van der Waals surface area (Å²) in [5.41, 5.74) is 4.49. The minimum Gasteiger partial charge on any atom is -0.401 e. The number of aryl methyl sites for hydroxylation is 1. The highest BCUT2D eigenvalue weighted by Crippen LogP contribution is 2.35. The minimum atomic E-state index is -5.68. The van der Waals surface area contributed by atoms with Gasteiger partial charge in [0.25, 0.3) is 5.84 Å². The van der Waals surface area contributed by atoms with Crippen molar-refractivity contribution in [3.05, 3.63) is 65.2 Å². The van der Waals surface area contributed by atoms with Gasteiger partial charge in [0.2, 0.25) is 5.90 Å². The normalized spacial score (nSPS) is 15.7. The summed E-state index contributed by atoms with van der Waals surface area (Å²) in [4.78, 5) is 15.9. The summed E-state index contributed by atoms with van der Waals surface area (Å²) in [6.45, 7) is -0.623. The van der Waals surface area contributed by atoms with Crippen LogP contribution in [0.25, 0.3) is 0 Å². The van der Waals surface area contributed by atoms with Gasteiger partial charge >= 0.3 is 18.1 Å². The standard InChI is InChI=1S/C20H16F5N3O3/c1-12-7-8-15(9-14(12)10-30-11-19(21,22)20(23,24)25)27-28-16-18(29)31-17(26-16)13-5-3-2-4-6-13/h2-9,27H,10-11H2,1H3. The van der Waals surface area contributed by atoms with E-state index in [1.807, 2.05) is 0 Å². The molecule has 1 aliphatic heterocycles. The quantitative estimate of drug-likeness (QED) is 0.392. The van der Waals surface area contributed by atoms with Crippen LogP contribution in [-0.2, 0) is 20.9 Å². The van der Waals surface area contributed by atoms with Gasteiger partial charge in [-0.05, 0) is 42.3 Å². The number of halogens is 5. The van der Waals surface area contributed by atoms with E-state index in [9.17, 15) is 26.7 Å². The number of ether oxygens (including phenoxy) is 2. The van der Waals surface area contributed by atoms with Crippen LogP contribution < -0.4 is 5.43 Å². The number of nitrogens with one attached hydrogen (secondary N) is 1. The molecule has 0 aromatic heterocycles. The summed E-state index contributed by atoms with van der Waals surface area (Å²) in [5, 5.41) is 3.87. The Morgan fingerprint density at radius 2 is 1.81 bits per heavy atom. The van der Waals surface area contributed by atoms with Crippen molar-refractivity contribution in [1.82, 2.24) is 0 Å². The maximum absolute atomic E-state index is 13.0. The van der Waals surface area contributed by atoms with E-state index in [2.05, 4.69) is 20.3 Å². The van der Waals surface area contributed by atoms with Crippen molar-refractivity contribution in [3.63, 3.8) is 0 Å². The number of cyclic esters (lactones) is 1. The molecule has 2 aromatic rings. The molecule has 6 nitrogen and oxygen atoms in total. The second-order valence-electron chi connectivity index (χ2n) is 6.56. The Labute approximate surface area is 173 Å². The summed E-state index contributed by atoms with van der Waals surface area (Å²) in [6.07, 6.45) is -5.68. The summed E-state index contributed by atoms with van der Waals surface area (Å²) in [6, 6.07) is 13.3. The van der Waals surface area contributed by atoms with Gasteiger partial charge in [-0.3, -0.25) is 5.43 Å². The number of alkyl halides is 5. The largest absolute Gasteiger partial charge is 0.455 e. The number of benzene rings is 2. The fourth-order valence-corrected chi connectivity index (χ4v) is 2.46. The molecule has 2 aromatic carbocycles. The fraction of sp³-hybridized carbons (Fsp3) is 0.250. The molecule has 0 saturated carbocycles. The second-order valence-corrected chi connectivity index (χ2v) is 6.56. The van der Waals surface area contributed by atoms with E-state index in [1.54, 1.807) is 49.4 Å². The predicted octanol–water partition coefficient (Wildman–Crippen LogP) is 4.44. The van der Waals surface area contributed by atoms with E-state index in [-0.39, 0.29) is 11.7 Å². The predicted molar refractivity (Wildman–Crippen MR) is 102 cm³/mol. The maximum atomic E-state index is 13.0. The first-order chi connectivity index (χ1) is 14.6. The van der Waals surface area contributed by atoms with Crippen LogP contribution in [-0.4, -0.2) is 36.4 Å². The van der Waals surface area contributed by atoms with Crippen LogP contribution in [0, 0.1) is 6.92 Å². The maximum Gasteiger partial charge on any atom is 0.455 e. The Hall–Kier alpha value is -3.34. The van der Waals surface area contributed by atoms with E-state index < -0.39 is 31.3 Å². The van der Waals surface area contributed by atoms with Crippen molar-refractivity contribution in [2.45, 2.75) is 25.6 Å². The molecule has 0 amide bonds. The topological polar surface area (TPSA) is 72.3 Å². The number of anilines is 1. The average Bonchev–Trinajstić information content (AvgIpc) is 3.09. The van der Waals surface area contributed by atoms with E-state index in [4.69, 9.17) is 4.74 Å². The molecule has 1 aliphatic rings. The zero-order valence-corrected chi connectivity index (χ0v) is 16.0. The third-order valence-corrected chi connectivity index (χ3v) is 4.20. The van der Waals surface area contributed by atoms with Gasteiger partial charge in [0, 0.05) is 5.56 Å². The summed E-state index contributed by atoms with van der Waals surface area (Å²) in [7, 11) is 0. The lowest BCUT2D eigenvalue weighted by Crippen LogP contribution is -2.40. The van der Waals surface area contributed by atoms with Gasteiger partial charge in [-0.1, -0.05) is 24.3 Å². The highest BCUT2D eigenvalue weighted by molar-refractivity contribution is 6.43. The number of aliphatic imine (C=N–C) groups is 1. The monoisotopic (exact) mass is 441 g/mol. The molecule has 0 spiro atoms. The fourth-order valence-electron chi connectivity index (χ4n) is 2.46. The van der Waals surface area contributed by atoms with E-state index in [1.165, 1.54) is 6.07 Å². The minimum absolute atomic E-state index is 0.0924. The Bertz CT molecular complexity index is 1020. The number of hydrazone groups is 1. The lowest BCUT2D eigenvalue weighted by atomic mass is 10.1. The Morgan fingerprint density at radius 1 is 1.10 bits per heavy atom. The van der Waals surface area contributed by atoms with E-state index in [0.29, 0.717) is 22.4 Å². The highest BCUT2D eigenvalue weighted by atomic mass is 19.4. The van der Waals surface area contributed by atoms with Gasteiger partial charge in [-0.15, -0.1) is 5.10 Å². The van der Waals surface area contributed by atoms with Crippen molar-refractivity contribution >= 4 is 23.4 Å². The van der Waals surface area contributed by atoms with Gasteiger partial charge in [0.15, 0.2) is 0 Å². The number of nitrogens with zero attached hydrogens (tertiary/aromatic N) is 2. The number of carbonyl (C=O) groups excluding carboxylic acids is 1. The molecule has 0 saturated heterocycles. The summed E-state index contributed by atoms with van der Waals surface area (Å²) < 4.78 is 72.2. The van der Waals surface area contributed by atoms with Crippen LogP contribution in [0.2, 0.25) is 0 Å². The van der Waals surface area contributed by atoms with Gasteiger partial charge in [-0.25, -0.2) is 4.79 Å². The molecule has 3 rings (SSSR count). The van der Waals surface area contributed by atoms with Crippen molar-refractivity contribution < 1.29 is 36.2 Å². The Morgan fingerprint density at radius 3 is 2.48 bits per heavy atom. The number of amidine groups is 1. The number of hydrogen-bond acceptors (Lipinski definition) is 5. The SMILES string of the molecule is Cc1ccc(NN=C2N=C(c3ccccc3)OC2=O)cc1COCC(F)(F)C(F)(F)F. The zero-order chi connectivity index (χ0) is 22.6. The van der Waals surface area contributed by atoms with Gasteiger partial charge in [0.05, 0.1) is 12.3 Å². The zero-order valence-electron chi connectivity index (χ0n) is 16.0. The highest BCUT2D eigenvalue weighted by Gasteiger charge is 2.57. The second kappa shape index (κ2) is 8.80. The van der Waals surface area contributed by atoms with Crippen molar-refractivity contribution in [2.75, 3.05) is 12.0 Å². The van der Waals surface area contributed by atoms with Crippen molar-refractivity contribution in [3.8, 4) is 0 Å². The lowest BCUT2D eigenvalue weighted by Gasteiger charge is -2.19. The third kappa shape index (κ3) is 5.43. The number of hydrogen-bond donors (Lipinski definition) is 1. The number of rotatable bonds is 7. The van der Waals surface area contributed by atoms with Crippen LogP contribution in [0.1, 0.15) is 16.7 Å². The summed E-state index contributed by atoms with van der Waals surface area (Å²) in [5.74, 6) is -5.85. The molecular weight excluding hydrogens is 425 g/mol. The van der Waals surface area contributed by atoms with Crippen LogP contribution in [0.4, 0.5) is 27.6 Å². The molecular formula is C20H16F5N3O3. The Balaban J connectivity index is 1.66. The number of carbonyl (C=O) groups is 1. The molecule has 0 radical (unpaired) electrons. The summed E-state index contributed by atoms with van der Waals surface area (Å²) >= 11 is 0. The lowest BCUT2D eigenvalue weighted by molar-refractivity contribution is -0.297. The molecule has 164 valence electrons. The number of esters is 1. The van der Waals surface area contributed by atoms with Crippen LogP contribution >= 0.6 is 0 Å². The van der Waals surface area contributed by atoms with Crippen LogP contribution in [0.5, 0.6) is 0 Å². The van der Waals surface area contributed by atoms with Crippen molar-refractivity contribution in [2.24, 2.45) is 10.1 Å². The smallest absolute Gasteiger partial charge is 0.401 e. The van der Waals surface area contributed by atoms with E-state index in [0.717, 1.165) is 0 Å². The molecule has 0 unspecified atom stereocenters.